The third-order valence-corrected chi connectivity index (χ3v) is 4.44. The number of benzene rings is 2. The Hall–Kier alpha value is -2.31. The minimum absolute atomic E-state index is 0.243. The molecular weight excluding hydrogens is 353 g/mol. The number of hydrogen-bond acceptors (Lipinski definition) is 5. The largest absolute Gasteiger partial charge is 0.486 e. The summed E-state index contributed by atoms with van der Waals surface area (Å²) in [6.07, 6.45) is 0. The van der Waals surface area contributed by atoms with Gasteiger partial charge in [-0.1, -0.05) is 34.5 Å². The van der Waals surface area contributed by atoms with E-state index in [-0.39, 0.29) is 12.1 Å². The summed E-state index contributed by atoms with van der Waals surface area (Å²) in [5.41, 5.74) is 1.01. The van der Waals surface area contributed by atoms with E-state index in [0.717, 1.165) is 5.56 Å². The van der Waals surface area contributed by atoms with Crippen LogP contribution in [0.5, 0.6) is 11.5 Å². The van der Waals surface area contributed by atoms with E-state index in [1.807, 2.05) is 0 Å². The van der Waals surface area contributed by atoms with Gasteiger partial charge >= 0.3 is 0 Å². The molecule has 0 saturated carbocycles. The monoisotopic (exact) mass is 363 g/mol. The van der Waals surface area contributed by atoms with Crippen molar-refractivity contribution < 1.29 is 9.47 Å². The highest BCUT2D eigenvalue weighted by atomic mass is 35.5. The smallest absolute Gasteiger partial charge is 0.278 e. The number of fused-ring (bicyclic) bond motifs is 2. The topological polar surface area (TPSA) is 66.2 Å². The van der Waals surface area contributed by atoms with Gasteiger partial charge in [0.25, 0.3) is 5.56 Å². The number of ether oxygens (including phenoxy) is 2. The van der Waals surface area contributed by atoms with Crippen LogP contribution < -0.4 is 15.0 Å². The Morgan fingerprint density at radius 1 is 1.04 bits per heavy atom. The van der Waals surface area contributed by atoms with Gasteiger partial charge in [-0.25, -0.2) is 4.68 Å². The first-order valence-electron chi connectivity index (χ1n) is 7.23. The molecule has 2 aromatic carbocycles. The molecule has 0 atom stereocenters. The number of halogens is 2. The maximum absolute atomic E-state index is 12.7. The van der Waals surface area contributed by atoms with E-state index in [4.69, 9.17) is 32.7 Å². The van der Waals surface area contributed by atoms with Crippen LogP contribution in [0.2, 0.25) is 10.0 Å². The first-order chi connectivity index (χ1) is 11.6. The van der Waals surface area contributed by atoms with Crippen molar-refractivity contribution in [3.05, 3.63) is 56.3 Å². The van der Waals surface area contributed by atoms with E-state index in [2.05, 4.69) is 10.3 Å². The fourth-order valence-corrected chi connectivity index (χ4v) is 2.85. The molecule has 0 amide bonds. The summed E-state index contributed by atoms with van der Waals surface area (Å²) >= 11 is 11.9. The Morgan fingerprint density at radius 2 is 1.79 bits per heavy atom. The second-order valence-electron chi connectivity index (χ2n) is 5.31. The molecule has 3 aromatic rings. The first-order valence-corrected chi connectivity index (χ1v) is 7.98. The maximum Gasteiger partial charge on any atom is 0.278 e. The molecule has 6 nitrogen and oxygen atoms in total. The first kappa shape index (κ1) is 15.2. The molecule has 2 heterocycles. The Bertz CT molecular complexity index is 1000. The second-order valence-corrected chi connectivity index (χ2v) is 6.13. The predicted molar refractivity (Wildman–Crippen MR) is 90.4 cm³/mol. The molecule has 122 valence electrons. The summed E-state index contributed by atoms with van der Waals surface area (Å²) < 4.78 is 12.3. The highest BCUT2D eigenvalue weighted by Gasteiger charge is 2.16. The summed E-state index contributed by atoms with van der Waals surface area (Å²) in [5.74, 6) is 1.12. The quantitative estimate of drug-likeness (QED) is 0.700. The number of nitrogens with zero attached hydrogens (tertiary/aromatic N) is 3. The van der Waals surface area contributed by atoms with E-state index in [9.17, 15) is 4.79 Å². The van der Waals surface area contributed by atoms with Crippen LogP contribution >= 0.6 is 23.2 Å². The molecule has 8 heteroatoms. The zero-order chi connectivity index (χ0) is 16.7. The SMILES string of the molecule is O=c1c2cc3c(cc2nnn1Cc1ccc(Cl)c(Cl)c1)OCCO3. The van der Waals surface area contributed by atoms with Crippen molar-refractivity contribution >= 4 is 34.1 Å². The summed E-state index contributed by atoms with van der Waals surface area (Å²) in [4.78, 5) is 12.7. The molecular formula is C16H11Cl2N3O3. The molecule has 4 rings (SSSR count). The molecule has 1 aliphatic heterocycles. The zero-order valence-electron chi connectivity index (χ0n) is 12.3. The lowest BCUT2D eigenvalue weighted by Crippen LogP contribution is -2.25. The lowest BCUT2D eigenvalue weighted by Gasteiger charge is -2.18. The average molecular weight is 364 g/mol. The van der Waals surface area contributed by atoms with Gasteiger partial charge in [0.1, 0.15) is 18.7 Å². The lowest BCUT2D eigenvalue weighted by atomic mass is 10.2. The molecule has 1 aliphatic rings. The summed E-state index contributed by atoms with van der Waals surface area (Å²) in [6.45, 7) is 1.17. The van der Waals surface area contributed by atoms with Gasteiger partial charge in [0, 0.05) is 6.07 Å². The normalized spacial score (nSPS) is 13.2. The van der Waals surface area contributed by atoms with Crippen LogP contribution in [0.15, 0.2) is 35.1 Å². The summed E-state index contributed by atoms with van der Waals surface area (Å²) in [6, 6.07) is 8.48. The third-order valence-electron chi connectivity index (χ3n) is 3.70. The van der Waals surface area contributed by atoms with Gasteiger partial charge in [0.15, 0.2) is 11.5 Å². The molecule has 0 bridgehead atoms. The van der Waals surface area contributed by atoms with Crippen LogP contribution in [0.4, 0.5) is 0 Å². The molecule has 0 saturated heterocycles. The number of rotatable bonds is 2. The predicted octanol–water partition coefficient (Wildman–Crippen LogP) is 2.92. The molecule has 0 spiro atoms. The molecule has 24 heavy (non-hydrogen) atoms. The van der Waals surface area contributed by atoms with E-state index in [1.165, 1.54) is 4.68 Å². The average Bonchev–Trinajstić information content (AvgIpc) is 2.59. The van der Waals surface area contributed by atoms with Gasteiger partial charge < -0.3 is 9.47 Å². The lowest BCUT2D eigenvalue weighted by molar-refractivity contribution is 0.172. The minimum atomic E-state index is -0.261. The summed E-state index contributed by atoms with van der Waals surface area (Å²) in [5, 5.41) is 9.40. The van der Waals surface area contributed by atoms with Crippen molar-refractivity contribution in [3.63, 3.8) is 0 Å². The van der Waals surface area contributed by atoms with E-state index < -0.39 is 0 Å². The Kier molecular flexibility index (Phi) is 3.78. The Balaban J connectivity index is 1.77. The number of hydrogen-bond donors (Lipinski definition) is 0. The molecule has 0 radical (unpaired) electrons. The van der Waals surface area contributed by atoms with Gasteiger partial charge in [0.05, 0.1) is 22.0 Å². The molecule has 0 unspecified atom stereocenters. The molecule has 0 N–H and O–H groups in total. The van der Waals surface area contributed by atoms with Gasteiger partial charge in [-0.2, -0.15) is 0 Å². The third kappa shape index (κ3) is 2.68. The highest BCUT2D eigenvalue weighted by Crippen LogP contribution is 2.32. The zero-order valence-corrected chi connectivity index (χ0v) is 13.8. The van der Waals surface area contributed by atoms with Crippen molar-refractivity contribution in [2.45, 2.75) is 6.54 Å². The number of aromatic nitrogens is 3. The maximum atomic E-state index is 12.7. The van der Waals surface area contributed by atoms with E-state index in [1.54, 1.807) is 30.3 Å². The van der Waals surface area contributed by atoms with Crippen molar-refractivity contribution in [2.75, 3.05) is 13.2 Å². The fraction of sp³-hybridized carbons (Fsp3) is 0.188. The Labute approximate surface area is 146 Å². The van der Waals surface area contributed by atoms with Crippen LogP contribution in [-0.2, 0) is 6.54 Å². The van der Waals surface area contributed by atoms with Crippen LogP contribution in [0, 0.1) is 0 Å². The minimum Gasteiger partial charge on any atom is -0.486 e. The fourth-order valence-electron chi connectivity index (χ4n) is 2.53. The van der Waals surface area contributed by atoms with Crippen molar-refractivity contribution in [1.82, 2.24) is 15.0 Å². The molecule has 0 aliphatic carbocycles. The highest BCUT2D eigenvalue weighted by molar-refractivity contribution is 6.42. The van der Waals surface area contributed by atoms with Crippen molar-refractivity contribution in [2.24, 2.45) is 0 Å². The van der Waals surface area contributed by atoms with Crippen LogP contribution in [-0.4, -0.2) is 28.2 Å². The van der Waals surface area contributed by atoms with E-state index in [0.29, 0.717) is 45.7 Å². The van der Waals surface area contributed by atoms with Crippen LogP contribution in [0.3, 0.4) is 0 Å². The van der Waals surface area contributed by atoms with Gasteiger partial charge in [-0.15, -0.1) is 5.10 Å². The van der Waals surface area contributed by atoms with Crippen molar-refractivity contribution in [3.8, 4) is 11.5 Å². The van der Waals surface area contributed by atoms with Crippen LogP contribution in [0.25, 0.3) is 10.9 Å². The second kappa shape index (κ2) is 5.96. The van der Waals surface area contributed by atoms with E-state index >= 15 is 0 Å². The van der Waals surface area contributed by atoms with Crippen molar-refractivity contribution in [1.29, 1.82) is 0 Å². The molecule has 1 aromatic heterocycles. The standard InChI is InChI=1S/C16H11Cl2N3O3/c17-11-2-1-9(5-12(11)18)8-21-16(22)10-6-14-15(24-4-3-23-14)7-13(10)19-20-21/h1-2,5-7H,3-4,8H2. The Morgan fingerprint density at radius 3 is 2.54 bits per heavy atom. The van der Waals surface area contributed by atoms with Gasteiger partial charge in [-0.3, -0.25) is 4.79 Å². The van der Waals surface area contributed by atoms with Gasteiger partial charge in [0.2, 0.25) is 0 Å². The van der Waals surface area contributed by atoms with Gasteiger partial charge in [-0.05, 0) is 23.8 Å². The molecule has 0 fully saturated rings. The van der Waals surface area contributed by atoms with Crippen LogP contribution in [0.1, 0.15) is 5.56 Å². The summed E-state index contributed by atoms with van der Waals surface area (Å²) in [7, 11) is 0.